The molecule has 444 valence electrons. The van der Waals surface area contributed by atoms with Crippen LogP contribution in [0.3, 0.4) is 0 Å². The summed E-state index contributed by atoms with van der Waals surface area (Å²) in [6, 6.07) is 0. The van der Waals surface area contributed by atoms with Gasteiger partial charge in [0.25, 0.3) is 0 Å². The van der Waals surface area contributed by atoms with E-state index in [0.29, 0.717) is 19.3 Å². The van der Waals surface area contributed by atoms with E-state index in [2.05, 4.69) is 81.5 Å². The highest BCUT2D eigenvalue weighted by atomic mass is 16.7. The fourth-order valence-corrected chi connectivity index (χ4v) is 9.30. The van der Waals surface area contributed by atoms with Crippen LogP contribution < -0.4 is 0 Å². The van der Waals surface area contributed by atoms with Crippen LogP contribution in [0.4, 0.5) is 0 Å². The molecule has 0 aromatic carbocycles. The van der Waals surface area contributed by atoms with E-state index in [-0.39, 0.29) is 25.9 Å². The molecule has 12 nitrogen and oxygen atoms in total. The van der Waals surface area contributed by atoms with Crippen molar-refractivity contribution in [1.29, 1.82) is 0 Å². The first kappa shape index (κ1) is 71.4. The molecule has 0 amide bonds. The molecule has 1 aliphatic heterocycles. The number of carbonyl (C=O) groups is 4. The van der Waals surface area contributed by atoms with Gasteiger partial charge in [-0.2, -0.15) is 0 Å². The SMILES string of the molecule is CC/C=C\C/C=C\C/C=C\C/C=C\CCCCCCCCC(=O)OCC(COC1OC(C(=O)O)C(O)C(O)C1OC(=O)CCCCCCCCCCCCCCCCC)OC(=O)CCCCCCC/C=C\CCCCCC. The van der Waals surface area contributed by atoms with Gasteiger partial charge in [0.2, 0.25) is 0 Å². The van der Waals surface area contributed by atoms with Gasteiger partial charge in [-0.05, 0) is 83.5 Å². The Morgan fingerprint density at radius 2 is 0.818 bits per heavy atom. The predicted octanol–water partition coefficient (Wildman–Crippen LogP) is 16.3. The van der Waals surface area contributed by atoms with Gasteiger partial charge in [-0.25, -0.2) is 4.79 Å². The second kappa shape index (κ2) is 53.1. The number of aliphatic hydroxyl groups is 2. The molecular formula is C65H112O12. The van der Waals surface area contributed by atoms with Crippen molar-refractivity contribution in [1.82, 2.24) is 0 Å². The number of ether oxygens (including phenoxy) is 5. The molecule has 0 radical (unpaired) electrons. The topological polar surface area (TPSA) is 175 Å². The molecule has 1 saturated heterocycles. The lowest BCUT2D eigenvalue weighted by atomic mass is 9.98. The monoisotopic (exact) mass is 1080 g/mol. The van der Waals surface area contributed by atoms with Crippen molar-refractivity contribution in [3.63, 3.8) is 0 Å². The van der Waals surface area contributed by atoms with Crippen LogP contribution in [0.15, 0.2) is 60.8 Å². The average Bonchev–Trinajstić information content (AvgIpc) is 3.42. The summed E-state index contributed by atoms with van der Waals surface area (Å²) in [7, 11) is 0. The van der Waals surface area contributed by atoms with Crippen molar-refractivity contribution in [3.05, 3.63) is 60.8 Å². The lowest BCUT2D eigenvalue weighted by molar-refractivity contribution is -0.301. The highest BCUT2D eigenvalue weighted by Crippen LogP contribution is 2.27. The third-order valence-electron chi connectivity index (χ3n) is 14.1. The molecule has 0 saturated carbocycles. The van der Waals surface area contributed by atoms with Gasteiger partial charge in [0.1, 0.15) is 18.8 Å². The summed E-state index contributed by atoms with van der Waals surface area (Å²) in [6.45, 7) is 5.87. The molecule has 1 heterocycles. The third kappa shape index (κ3) is 43.0. The molecule has 1 aliphatic rings. The van der Waals surface area contributed by atoms with Crippen LogP contribution in [0.2, 0.25) is 0 Å². The van der Waals surface area contributed by atoms with Crippen LogP contribution in [-0.2, 0) is 42.9 Å². The van der Waals surface area contributed by atoms with Gasteiger partial charge in [0.15, 0.2) is 24.6 Å². The van der Waals surface area contributed by atoms with Crippen molar-refractivity contribution in [2.45, 2.75) is 314 Å². The molecule has 6 unspecified atom stereocenters. The van der Waals surface area contributed by atoms with Crippen molar-refractivity contribution in [2.24, 2.45) is 0 Å². The molecular weight excluding hydrogens is 973 g/mol. The fourth-order valence-electron chi connectivity index (χ4n) is 9.30. The van der Waals surface area contributed by atoms with E-state index < -0.39 is 67.3 Å². The first-order chi connectivity index (χ1) is 37.6. The lowest BCUT2D eigenvalue weighted by Crippen LogP contribution is -2.61. The van der Waals surface area contributed by atoms with Gasteiger partial charge in [-0.15, -0.1) is 0 Å². The minimum Gasteiger partial charge on any atom is -0.479 e. The van der Waals surface area contributed by atoms with Crippen molar-refractivity contribution in [3.8, 4) is 0 Å². The Kier molecular flexibility index (Phi) is 49.2. The number of hydrogen-bond acceptors (Lipinski definition) is 11. The molecule has 0 aliphatic carbocycles. The highest BCUT2D eigenvalue weighted by Gasteiger charge is 2.50. The minimum absolute atomic E-state index is 0.0613. The zero-order valence-electron chi connectivity index (χ0n) is 49.0. The molecule has 6 atom stereocenters. The molecule has 0 bridgehead atoms. The van der Waals surface area contributed by atoms with Crippen LogP contribution >= 0.6 is 0 Å². The number of unbranched alkanes of at least 4 members (excludes halogenated alkanes) is 29. The lowest BCUT2D eigenvalue weighted by Gasteiger charge is -2.40. The normalized spacial score (nSPS) is 18.4. The molecule has 0 aromatic heterocycles. The summed E-state index contributed by atoms with van der Waals surface area (Å²) in [5.41, 5.74) is 0. The number of aliphatic hydroxyl groups excluding tert-OH is 2. The summed E-state index contributed by atoms with van der Waals surface area (Å²) >= 11 is 0. The summed E-state index contributed by atoms with van der Waals surface area (Å²) in [5, 5.41) is 31.5. The van der Waals surface area contributed by atoms with Gasteiger partial charge in [0.05, 0.1) is 6.61 Å². The third-order valence-corrected chi connectivity index (χ3v) is 14.1. The maximum atomic E-state index is 13.2. The average molecular weight is 1090 g/mol. The number of carboxylic acids is 1. The maximum Gasteiger partial charge on any atom is 0.335 e. The van der Waals surface area contributed by atoms with Crippen LogP contribution in [0.5, 0.6) is 0 Å². The smallest absolute Gasteiger partial charge is 0.335 e. The second-order valence-electron chi connectivity index (χ2n) is 21.3. The molecule has 77 heavy (non-hydrogen) atoms. The minimum atomic E-state index is -1.90. The Morgan fingerprint density at radius 3 is 1.27 bits per heavy atom. The van der Waals surface area contributed by atoms with Crippen LogP contribution in [-0.4, -0.2) is 89.2 Å². The van der Waals surface area contributed by atoms with Crippen LogP contribution in [0, 0.1) is 0 Å². The first-order valence-corrected chi connectivity index (χ1v) is 31.3. The molecule has 0 aromatic rings. The van der Waals surface area contributed by atoms with Crippen LogP contribution in [0.25, 0.3) is 0 Å². The Labute approximate surface area is 468 Å². The van der Waals surface area contributed by atoms with E-state index in [1.807, 2.05) is 0 Å². The second-order valence-corrected chi connectivity index (χ2v) is 21.3. The standard InChI is InChI=1S/C65H112O12/c1-4-7-10-13-16-19-22-25-27-28-29-30-32-34-36-39-42-45-48-51-57(66)73-54-56(75-58(67)52-49-46-43-40-37-33-24-21-18-15-12-9-6-3)55-74-65-63(61(70)60(69)62(77-65)64(71)72)76-59(68)53-50-47-44-41-38-35-31-26-23-20-17-14-11-8-5-2/h7,10,16,19,21,24-25,27,29-30,56,60-63,65,69-70H,4-6,8-9,11-15,17-18,20,22-23,26,28,31-55H2,1-3H3,(H,71,72)/b10-7-,19-16-,24-21-,27-25-,30-29-. The quantitative estimate of drug-likeness (QED) is 0.0228. The number of allylic oxidation sites excluding steroid dienone is 10. The van der Waals surface area contributed by atoms with Crippen molar-refractivity contribution >= 4 is 23.9 Å². The summed E-state index contributed by atoms with van der Waals surface area (Å²) in [5.74, 6) is -3.13. The number of aliphatic carboxylic acids is 1. The highest BCUT2D eigenvalue weighted by molar-refractivity contribution is 5.74. The summed E-state index contributed by atoms with van der Waals surface area (Å²) in [4.78, 5) is 51.2. The van der Waals surface area contributed by atoms with E-state index in [0.717, 1.165) is 128 Å². The number of carbonyl (C=O) groups excluding carboxylic acids is 3. The Hall–Kier alpha value is -3.58. The predicted molar refractivity (Wildman–Crippen MR) is 312 cm³/mol. The largest absolute Gasteiger partial charge is 0.479 e. The van der Waals surface area contributed by atoms with Crippen molar-refractivity contribution < 1.29 is 58.2 Å². The van der Waals surface area contributed by atoms with Gasteiger partial charge >= 0.3 is 23.9 Å². The van der Waals surface area contributed by atoms with E-state index in [1.54, 1.807) is 0 Å². The fraction of sp³-hybridized carbons (Fsp3) is 0.785. The Morgan fingerprint density at radius 1 is 0.442 bits per heavy atom. The van der Waals surface area contributed by atoms with Gasteiger partial charge < -0.3 is 39.0 Å². The molecule has 3 N–H and O–H groups in total. The molecule has 0 spiro atoms. The maximum absolute atomic E-state index is 13.2. The van der Waals surface area contributed by atoms with Crippen LogP contribution in [0.1, 0.15) is 278 Å². The number of hydrogen-bond donors (Lipinski definition) is 3. The first-order valence-electron chi connectivity index (χ1n) is 31.3. The number of esters is 3. The van der Waals surface area contributed by atoms with Gasteiger partial charge in [0, 0.05) is 19.3 Å². The van der Waals surface area contributed by atoms with Crippen molar-refractivity contribution in [2.75, 3.05) is 13.2 Å². The molecule has 1 rings (SSSR count). The Bertz CT molecular complexity index is 1570. The molecule has 1 fully saturated rings. The van der Waals surface area contributed by atoms with E-state index in [4.69, 9.17) is 23.7 Å². The molecule has 12 heteroatoms. The van der Waals surface area contributed by atoms with E-state index >= 15 is 0 Å². The zero-order chi connectivity index (χ0) is 56.1. The zero-order valence-corrected chi connectivity index (χ0v) is 49.0. The van der Waals surface area contributed by atoms with E-state index in [9.17, 15) is 34.5 Å². The number of carboxylic acid groups (broad SMARTS) is 1. The van der Waals surface area contributed by atoms with Gasteiger partial charge in [-0.3, -0.25) is 14.4 Å². The summed E-state index contributed by atoms with van der Waals surface area (Å²) < 4.78 is 28.5. The number of rotatable bonds is 53. The Balaban J connectivity index is 2.67. The van der Waals surface area contributed by atoms with Gasteiger partial charge in [-0.1, -0.05) is 236 Å². The van der Waals surface area contributed by atoms with E-state index in [1.165, 1.54) is 89.9 Å². The summed E-state index contributed by atoms with van der Waals surface area (Å²) in [6.07, 6.45) is 53.2.